The van der Waals surface area contributed by atoms with Gasteiger partial charge in [0.2, 0.25) is 0 Å². The Hall–Kier alpha value is -3.47. The van der Waals surface area contributed by atoms with E-state index in [-0.39, 0.29) is 5.97 Å². The summed E-state index contributed by atoms with van der Waals surface area (Å²) >= 11 is 0. The number of esters is 1. The van der Waals surface area contributed by atoms with Crippen LogP contribution in [0.15, 0.2) is 72.8 Å². The molecule has 3 aromatic rings. The first kappa shape index (κ1) is 30.1. The summed E-state index contributed by atoms with van der Waals surface area (Å²) < 4.78 is 22.8. The van der Waals surface area contributed by atoms with E-state index in [0.29, 0.717) is 19.0 Å². The summed E-state index contributed by atoms with van der Waals surface area (Å²) in [6.07, 6.45) is 8.79. The van der Waals surface area contributed by atoms with Crippen molar-refractivity contribution in [2.75, 3.05) is 13.2 Å². The van der Waals surface area contributed by atoms with Gasteiger partial charge in [-0.2, -0.15) is 0 Å². The molecule has 0 aromatic heterocycles. The molecule has 5 heteroatoms. The van der Waals surface area contributed by atoms with Gasteiger partial charge in [-0.3, -0.25) is 0 Å². The SMILES string of the molecule is CCCCCCCCOc1ccc(COc2ccc(-c3ccc(OC(C)C(=O)OCCCC)cc3)cc2)cc1. The molecule has 5 nitrogen and oxygen atoms in total. The summed E-state index contributed by atoms with van der Waals surface area (Å²) in [5.74, 6) is 2.03. The van der Waals surface area contributed by atoms with Crippen LogP contribution >= 0.6 is 0 Å². The highest BCUT2D eigenvalue weighted by atomic mass is 16.6. The molecule has 0 fully saturated rings. The molecule has 0 spiro atoms. The van der Waals surface area contributed by atoms with Gasteiger partial charge in [0.1, 0.15) is 23.9 Å². The molecule has 0 N–H and O–H groups in total. The Morgan fingerprint density at radius 3 is 1.79 bits per heavy atom. The number of benzene rings is 3. The van der Waals surface area contributed by atoms with Gasteiger partial charge in [-0.25, -0.2) is 4.79 Å². The van der Waals surface area contributed by atoms with Gasteiger partial charge in [-0.05, 0) is 72.9 Å². The maximum absolute atomic E-state index is 12.0. The van der Waals surface area contributed by atoms with Crippen molar-refractivity contribution >= 4 is 5.97 Å². The molecular formula is C34H44O5. The first-order valence-electron chi connectivity index (χ1n) is 14.5. The van der Waals surface area contributed by atoms with Crippen molar-refractivity contribution in [1.82, 2.24) is 0 Å². The molecule has 1 atom stereocenters. The summed E-state index contributed by atoms with van der Waals surface area (Å²) in [4.78, 5) is 12.0. The largest absolute Gasteiger partial charge is 0.494 e. The zero-order valence-corrected chi connectivity index (χ0v) is 23.8. The Morgan fingerprint density at radius 1 is 0.615 bits per heavy atom. The maximum Gasteiger partial charge on any atom is 0.347 e. The minimum Gasteiger partial charge on any atom is -0.494 e. The molecule has 210 valence electrons. The van der Waals surface area contributed by atoms with Crippen molar-refractivity contribution < 1.29 is 23.7 Å². The Kier molecular flexibility index (Phi) is 13.3. The van der Waals surface area contributed by atoms with E-state index in [2.05, 4.69) is 26.0 Å². The first-order valence-corrected chi connectivity index (χ1v) is 14.5. The first-order chi connectivity index (χ1) is 19.1. The van der Waals surface area contributed by atoms with Gasteiger partial charge in [0.15, 0.2) is 6.10 Å². The minimum absolute atomic E-state index is 0.337. The highest BCUT2D eigenvalue weighted by Gasteiger charge is 2.16. The van der Waals surface area contributed by atoms with Crippen LogP contribution in [0, 0.1) is 0 Å². The number of unbranched alkanes of at least 4 members (excludes halogenated alkanes) is 6. The topological polar surface area (TPSA) is 54.0 Å². The van der Waals surface area contributed by atoms with Gasteiger partial charge < -0.3 is 18.9 Å². The van der Waals surface area contributed by atoms with Crippen LogP contribution in [0.25, 0.3) is 11.1 Å². The Bertz CT molecular complexity index is 1070. The quantitative estimate of drug-likeness (QED) is 0.121. The lowest BCUT2D eigenvalue weighted by molar-refractivity contribution is -0.151. The third kappa shape index (κ3) is 11.0. The fourth-order valence-corrected chi connectivity index (χ4v) is 4.08. The van der Waals surface area contributed by atoms with Gasteiger partial charge in [0.25, 0.3) is 0 Å². The Balaban J connectivity index is 1.40. The highest BCUT2D eigenvalue weighted by Crippen LogP contribution is 2.26. The summed E-state index contributed by atoms with van der Waals surface area (Å²) in [5, 5.41) is 0. The van der Waals surface area contributed by atoms with Crippen LogP contribution in [0.4, 0.5) is 0 Å². The monoisotopic (exact) mass is 532 g/mol. The second-order valence-electron chi connectivity index (χ2n) is 9.88. The molecule has 0 saturated heterocycles. The predicted octanol–water partition coefficient (Wildman–Crippen LogP) is 8.78. The third-order valence-electron chi connectivity index (χ3n) is 6.52. The number of hydrogen-bond donors (Lipinski definition) is 0. The van der Waals surface area contributed by atoms with E-state index in [1.807, 2.05) is 60.7 Å². The van der Waals surface area contributed by atoms with Gasteiger partial charge in [0.05, 0.1) is 13.2 Å². The van der Waals surface area contributed by atoms with E-state index in [9.17, 15) is 4.79 Å². The molecule has 0 heterocycles. The van der Waals surface area contributed by atoms with Crippen LogP contribution in [0.3, 0.4) is 0 Å². The lowest BCUT2D eigenvalue weighted by Crippen LogP contribution is -2.26. The van der Waals surface area contributed by atoms with Crippen molar-refractivity contribution in [1.29, 1.82) is 0 Å². The average Bonchev–Trinajstić information content (AvgIpc) is 2.97. The van der Waals surface area contributed by atoms with Crippen molar-refractivity contribution in [2.45, 2.75) is 84.8 Å². The highest BCUT2D eigenvalue weighted by molar-refractivity contribution is 5.74. The molecule has 0 aliphatic rings. The molecule has 0 bridgehead atoms. The van der Waals surface area contributed by atoms with Gasteiger partial charge in [0, 0.05) is 0 Å². The van der Waals surface area contributed by atoms with Gasteiger partial charge in [-0.1, -0.05) is 88.8 Å². The van der Waals surface area contributed by atoms with E-state index in [1.165, 1.54) is 32.1 Å². The van der Waals surface area contributed by atoms with Crippen LogP contribution in [-0.2, 0) is 16.1 Å². The number of hydrogen-bond acceptors (Lipinski definition) is 5. The summed E-state index contributed by atoms with van der Waals surface area (Å²) in [6, 6.07) is 23.9. The molecule has 0 radical (unpaired) electrons. The number of ether oxygens (including phenoxy) is 4. The molecular weight excluding hydrogens is 488 g/mol. The Labute approximate surface area is 234 Å². The van der Waals surface area contributed by atoms with E-state index in [4.69, 9.17) is 18.9 Å². The van der Waals surface area contributed by atoms with Crippen LogP contribution in [-0.4, -0.2) is 25.3 Å². The predicted molar refractivity (Wildman–Crippen MR) is 157 cm³/mol. The number of rotatable bonds is 18. The number of carbonyl (C=O) groups excluding carboxylic acids is 1. The van der Waals surface area contributed by atoms with Crippen molar-refractivity contribution in [2.24, 2.45) is 0 Å². The zero-order valence-electron chi connectivity index (χ0n) is 23.8. The summed E-state index contributed by atoms with van der Waals surface area (Å²) in [6.45, 7) is 7.72. The van der Waals surface area contributed by atoms with Gasteiger partial charge in [-0.15, -0.1) is 0 Å². The molecule has 1 unspecified atom stereocenters. The molecule has 0 amide bonds. The third-order valence-corrected chi connectivity index (χ3v) is 6.52. The summed E-state index contributed by atoms with van der Waals surface area (Å²) in [7, 11) is 0. The van der Waals surface area contributed by atoms with Crippen molar-refractivity contribution in [3.63, 3.8) is 0 Å². The average molecular weight is 533 g/mol. The Morgan fingerprint density at radius 2 is 1.15 bits per heavy atom. The van der Waals surface area contributed by atoms with Crippen LogP contribution in [0.5, 0.6) is 17.2 Å². The second-order valence-corrected chi connectivity index (χ2v) is 9.88. The molecule has 3 rings (SSSR count). The zero-order chi connectivity index (χ0) is 27.7. The van der Waals surface area contributed by atoms with Gasteiger partial charge >= 0.3 is 5.97 Å². The fourth-order valence-electron chi connectivity index (χ4n) is 4.08. The molecule has 0 aliphatic heterocycles. The smallest absolute Gasteiger partial charge is 0.347 e. The normalized spacial score (nSPS) is 11.6. The van der Waals surface area contributed by atoms with E-state index < -0.39 is 6.10 Å². The minimum atomic E-state index is -0.641. The van der Waals surface area contributed by atoms with Crippen LogP contribution < -0.4 is 14.2 Å². The van der Waals surface area contributed by atoms with E-state index in [0.717, 1.165) is 54.1 Å². The lowest BCUT2D eigenvalue weighted by atomic mass is 10.1. The second kappa shape index (κ2) is 17.2. The standard InChI is InChI=1S/C34H44O5/c1-4-6-8-9-10-11-25-36-31-18-12-28(13-19-31)26-38-32-20-14-29(15-21-32)30-16-22-33(23-17-30)39-27(3)34(35)37-24-7-5-2/h12-23,27H,4-11,24-26H2,1-3H3. The maximum atomic E-state index is 12.0. The fraction of sp³-hybridized carbons (Fsp3) is 0.441. The molecule has 39 heavy (non-hydrogen) atoms. The summed E-state index contributed by atoms with van der Waals surface area (Å²) in [5.41, 5.74) is 3.24. The van der Waals surface area contributed by atoms with Crippen molar-refractivity contribution in [3.05, 3.63) is 78.4 Å². The molecule has 0 aliphatic carbocycles. The molecule has 3 aromatic carbocycles. The van der Waals surface area contributed by atoms with E-state index in [1.54, 1.807) is 6.92 Å². The lowest BCUT2D eigenvalue weighted by Gasteiger charge is -2.14. The van der Waals surface area contributed by atoms with Crippen LogP contribution in [0.1, 0.15) is 77.7 Å². The van der Waals surface area contributed by atoms with Crippen molar-refractivity contribution in [3.8, 4) is 28.4 Å². The van der Waals surface area contributed by atoms with Crippen LogP contribution in [0.2, 0.25) is 0 Å². The molecule has 0 saturated carbocycles. The van der Waals surface area contributed by atoms with E-state index >= 15 is 0 Å². The number of carbonyl (C=O) groups is 1.